The van der Waals surface area contributed by atoms with E-state index >= 15 is 0 Å². The van der Waals surface area contributed by atoms with Crippen LogP contribution in [0.25, 0.3) is 0 Å². The van der Waals surface area contributed by atoms with Crippen LogP contribution in [0.4, 0.5) is 0 Å². The van der Waals surface area contributed by atoms with Crippen LogP contribution >= 0.6 is 0 Å². The minimum atomic E-state index is -0.356. The summed E-state index contributed by atoms with van der Waals surface area (Å²) in [5.41, 5.74) is 0. The fraction of sp³-hybridized carbons (Fsp3) is 0.857. The standard InChI is InChI=1S/C14H27N3O2/c1-11(2)10-17(12(3)4)14(19)13(18)16-8-5-6-15-7-9-16/h11-12,15H,5-10H2,1-4H3. The van der Waals surface area contributed by atoms with Gasteiger partial charge in [0.25, 0.3) is 0 Å². The molecule has 0 aliphatic carbocycles. The number of rotatable bonds is 3. The van der Waals surface area contributed by atoms with Crippen molar-refractivity contribution in [3.63, 3.8) is 0 Å². The Labute approximate surface area is 116 Å². The van der Waals surface area contributed by atoms with Crippen LogP contribution < -0.4 is 5.32 Å². The highest BCUT2D eigenvalue weighted by Crippen LogP contribution is 2.07. The lowest BCUT2D eigenvalue weighted by Gasteiger charge is -2.30. The minimum absolute atomic E-state index is 0.0592. The highest BCUT2D eigenvalue weighted by atomic mass is 16.2. The molecule has 1 N–H and O–H groups in total. The van der Waals surface area contributed by atoms with E-state index in [9.17, 15) is 9.59 Å². The van der Waals surface area contributed by atoms with Gasteiger partial charge in [-0.25, -0.2) is 0 Å². The number of amides is 2. The number of hydrogen-bond acceptors (Lipinski definition) is 3. The van der Waals surface area contributed by atoms with Gasteiger partial charge in [-0.3, -0.25) is 9.59 Å². The third-order valence-corrected chi connectivity index (χ3v) is 3.26. The Morgan fingerprint density at radius 1 is 1.16 bits per heavy atom. The fourth-order valence-electron chi connectivity index (χ4n) is 2.23. The quantitative estimate of drug-likeness (QED) is 0.767. The summed E-state index contributed by atoms with van der Waals surface area (Å²) in [6.45, 7) is 11.6. The van der Waals surface area contributed by atoms with Crippen LogP contribution in [0.1, 0.15) is 34.1 Å². The number of nitrogens with zero attached hydrogens (tertiary/aromatic N) is 2. The van der Waals surface area contributed by atoms with Crippen molar-refractivity contribution in [2.24, 2.45) is 5.92 Å². The smallest absolute Gasteiger partial charge is 0.312 e. The van der Waals surface area contributed by atoms with Gasteiger partial charge in [0.2, 0.25) is 0 Å². The van der Waals surface area contributed by atoms with Gasteiger partial charge in [0.1, 0.15) is 0 Å². The van der Waals surface area contributed by atoms with Crippen molar-refractivity contribution in [3.8, 4) is 0 Å². The average Bonchev–Trinajstić information content (AvgIpc) is 2.62. The molecule has 1 saturated heterocycles. The second kappa shape index (κ2) is 7.48. The van der Waals surface area contributed by atoms with Gasteiger partial charge in [0.05, 0.1) is 0 Å². The summed E-state index contributed by atoms with van der Waals surface area (Å²) in [7, 11) is 0. The molecule has 0 bridgehead atoms. The molecule has 0 saturated carbocycles. The largest absolute Gasteiger partial charge is 0.333 e. The zero-order valence-electron chi connectivity index (χ0n) is 12.6. The number of hydrogen-bond donors (Lipinski definition) is 1. The Bertz CT molecular complexity index is 308. The molecule has 1 aliphatic rings. The third-order valence-electron chi connectivity index (χ3n) is 3.26. The van der Waals surface area contributed by atoms with Gasteiger partial charge in [-0.1, -0.05) is 13.8 Å². The predicted molar refractivity (Wildman–Crippen MR) is 75.8 cm³/mol. The van der Waals surface area contributed by atoms with E-state index in [0.29, 0.717) is 25.6 Å². The van der Waals surface area contributed by atoms with Gasteiger partial charge in [-0.2, -0.15) is 0 Å². The van der Waals surface area contributed by atoms with Gasteiger partial charge in [-0.05, 0) is 32.7 Å². The van der Waals surface area contributed by atoms with E-state index in [0.717, 1.165) is 19.5 Å². The fourth-order valence-corrected chi connectivity index (χ4v) is 2.23. The molecule has 0 radical (unpaired) electrons. The molecule has 5 nitrogen and oxygen atoms in total. The van der Waals surface area contributed by atoms with E-state index < -0.39 is 0 Å². The van der Waals surface area contributed by atoms with Crippen LogP contribution in [-0.4, -0.2) is 60.4 Å². The molecule has 0 atom stereocenters. The summed E-state index contributed by atoms with van der Waals surface area (Å²) in [5.74, 6) is -0.339. The van der Waals surface area contributed by atoms with Crippen LogP contribution in [0.2, 0.25) is 0 Å². The molecule has 110 valence electrons. The lowest BCUT2D eigenvalue weighted by atomic mass is 10.1. The maximum absolute atomic E-state index is 12.3. The van der Waals surface area contributed by atoms with E-state index in [4.69, 9.17) is 0 Å². The Kier molecular flexibility index (Phi) is 6.28. The van der Waals surface area contributed by atoms with E-state index in [2.05, 4.69) is 19.2 Å². The first-order valence-corrected chi connectivity index (χ1v) is 7.24. The molecule has 0 aromatic rings. The van der Waals surface area contributed by atoms with Crippen molar-refractivity contribution in [1.82, 2.24) is 15.1 Å². The first-order valence-electron chi connectivity index (χ1n) is 7.24. The zero-order chi connectivity index (χ0) is 14.4. The average molecular weight is 269 g/mol. The van der Waals surface area contributed by atoms with Gasteiger partial charge in [0, 0.05) is 32.2 Å². The number of carbonyl (C=O) groups is 2. The van der Waals surface area contributed by atoms with Gasteiger partial charge in [0.15, 0.2) is 0 Å². The number of carbonyl (C=O) groups excluding carboxylic acids is 2. The minimum Gasteiger partial charge on any atom is -0.333 e. The predicted octanol–water partition coefficient (Wildman–Crippen LogP) is 0.701. The third kappa shape index (κ3) is 4.82. The Balaban J connectivity index is 2.69. The lowest BCUT2D eigenvalue weighted by molar-refractivity contribution is -0.153. The molecule has 0 spiro atoms. The normalized spacial score (nSPS) is 16.6. The molecule has 5 heteroatoms. The monoisotopic (exact) mass is 269 g/mol. The SMILES string of the molecule is CC(C)CN(C(=O)C(=O)N1CCCNCC1)C(C)C. The van der Waals surface area contributed by atoms with Crippen LogP contribution in [-0.2, 0) is 9.59 Å². The van der Waals surface area contributed by atoms with E-state index in [1.165, 1.54) is 0 Å². The molecule has 2 amide bonds. The Hall–Kier alpha value is -1.10. The second-order valence-electron chi connectivity index (χ2n) is 5.84. The highest BCUT2D eigenvalue weighted by molar-refractivity contribution is 6.35. The topological polar surface area (TPSA) is 52.7 Å². The summed E-state index contributed by atoms with van der Waals surface area (Å²) < 4.78 is 0. The maximum atomic E-state index is 12.3. The van der Waals surface area contributed by atoms with Crippen molar-refractivity contribution < 1.29 is 9.59 Å². The summed E-state index contributed by atoms with van der Waals surface area (Å²) in [6.07, 6.45) is 0.908. The highest BCUT2D eigenvalue weighted by Gasteiger charge is 2.29. The lowest BCUT2D eigenvalue weighted by Crippen LogP contribution is -2.49. The molecular weight excluding hydrogens is 242 g/mol. The molecule has 19 heavy (non-hydrogen) atoms. The van der Waals surface area contributed by atoms with Gasteiger partial charge >= 0.3 is 11.8 Å². The summed E-state index contributed by atoms with van der Waals surface area (Å²) in [5, 5.41) is 3.24. The molecule has 1 fully saturated rings. The molecular formula is C14H27N3O2. The van der Waals surface area contributed by atoms with Crippen molar-refractivity contribution in [1.29, 1.82) is 0 Å². The zero-order valence-corrected chi connectivity index (χ0v) is 12.6. The summed E-state index contributed by atoms with van der Waals surface area (Å²) >= 11 is 0. The van der Waals surface area contributed by atoms with Crippen molar-refractivity contribution >= 4 is 11.8 Å². The molecule has 1 aliphatic heterocycles. The Morgan fingerprint density at radius 2 is 1.84 bits per heavy atom. The van der Waals surface area contributed by atoms with Crippen molar-refractivity contribution in [2.75, 3.05) is 32.7 Å². The second-order valence-corrected chi connectivity index (χ2v) is 5.84. The van der Waals surface area contributed by atoms with Crippen LogP contribution in [0, 0.1) is 5.92 Å². The van der Waals surface area contributed by atoms with Gasteiger partial charge in [-0.15, -0.1) is 0 Å². The van der Waals surface area contributed by atoms with E-state index in [1.807, 2.05) is 13.8 Å². The first kappa shape index (κ1) is 16.0. The maximum Gasteiger partial charge on any atom is 0.312 e. The van der Waals surface area contributed by atoms with E-state index in [1.54, 1.807) is 9.80 Å². The van der Waals surface area contributed by atoms with Crippen LogP contribution in [0.15, 0.2) is 0 Å². The van der Waals surface area contributed by atoms with Gasteiger partial charge < -0.3 is 15.1 Å². The molecule has 0 aromatic heterocycles. The Morgan fingerprint density at radius 3 is 2.42 bits per heavy atom. The van der Waals surface area contributed by atoms with Crippen LogP contribution in [0.5, 0.6) is 0 Å². The molecule has 1 heterocycles. The molecule has 1 rings (SSSR count). The van der Waals surface area contributed by atoms with Crippen LogP contribution in [0.3, 0.4) is 0 Å². The molecule has 0 aromatic carbocycles. The summed E-state index contributed by atoms with van der Waals surface area (Å²) in [6, 6.07) is 0.0592. The van der Waals surface area contributed by atoms with Crippen molar-refractivity contribution in [2.45, 2.75) is 40.2 Å². The van der Waals surface area contributed by atoms with E-state index in [-0.39, 0.29) is 17.9 Å². The number of nitrogens with one attached hydrogen (secondary N) is 1. The summed E-state index contributed by atoms with van der Waals surface area (Å²) in [4.78, 5) is 28.0. The molecule has 0 unspecified atom stereocenters. The van der Waals surface area contributed by atoms with Crippen molar-refractivity contribution in [3.05, 3.63) is 0 Å². The first-order chi connectivity index (χ1) is 8.93.